The Hall–Kier alpha value is -3.97. The summed E-state index contributed by atoms with van der Waals surface area (Å²) in [4.78, 5) is 27.2. The highest BCUT2D eigenvalue weighted by Gasteiger charge is 2.11. The van der Waals surface area contributed by atoms with Gasteiger partial charge < -0.3 is 15.4 Å². The van der Waals surface area contributed by atoms with E-state index in [1.54, 1.807) is 19.2 Å². The lowest BCUT2D eigenvalue weighted by Crippen LogP contribution is -2.30. The van der Waals surface area contributed by atoms with Crippen LogP contribution in [-0.2, 0) is 11.3 Å². The van der Waals surface area contributed by atoms with Crippen LogP contribution in [0.3, 0.4) is 0 Å². The van der Waals surface area contributed by atoms with Crippen molar-refractivity contribution in [3.8, 4) is 24.2 Å². The number of carbonyl (C=O) groups excluding carboxylic acids is 1. The van der Waals surface area contributed by atoms with Crippen molar-refractivity contribution >= 4 is 34.4 Å². The topological polar surface area (TPSA) is 99.4 Å². The molecule has 0 saturated carbocycles. The second-order valence-electron chi connectivity index (χ2n) is 7.64. The van der Waals surface area contributed by atoms with E-state index in [4.69, 9.17) is 11.2 Å². The van der Waals surface area contributed by atoms with Gasteiger partial charge in [0.15, 0.2) is 5.57 Å². The van der Waals surface area contributed by atoms with Crippen molar-refractivity contribution in [3.63, 3.8) is 0 Å². The molecule has 1 aliphatic heterocycles. The summed E-state index contributed by atoms with van der Waals surface area (Å²) in [5.74, 6) is 2.40. The number of rotatable bonds is 9. The number of nitriles is 1. The zero-order valence-electron chi connectivity index (χ0n) is 19.6. The van der Waals surface area contributed by atoms with Crippen molar-refractivity contribution in [3.05, 3.63) is 55.6 Å². The van der Waals surface area contributed by atoms with Crippen LogP contribution in [0.4, 0.5) is 5.69 Å². The number of nitrogens with zero attached hydrogens (tertiary/aromatic N) is 3. The number of ether oxygens (including phenoxy) is 1. The second kappa shape index (κ2) is 13.1. The third-order valence-corrected chi connectivity index (χ3v) is 6.28. The van der Waals surface area contributed by atoms with Crippen molar-refractivity contribution in [2.75, 3.05) is 38.1 Å². The molecule has 1 amide bonds. The molecule has 0 unspecified atom stereocenters. The summed E-state index contributed by atoms with van der Waals surface area (Å²) in [6, 6.07) is 9.37. The number of carbonyl (C=O) groups is 1. The molecule has 8 nitrogen and oxygen atoms in total. The maximum absolute atomic E-state index is 12.7. The Kier molecular flexibility index (Phi) is 9.57. The SMILES string of the molecule is C#CCNC(=O)C(=C=c1sc(=C=CNc2cccc(OCCN3CCCC3)c2)c(=O)n1CC)C#N. The van der Waals surface area contributed by atoms with Crippen LogP contribution in [0.15, 0.2) is 40.8 Å². The van der Waals surface area contributed by atoms with E-state index in [0.717, 1.165) is 42.4 Å². The number of thiazole rings is 1. The minimum atomic E-state index is -0.640. The van der Waals surface area contributed by atoms with Gasteiger partial charge in [-0.25, -0.2) is 0 Å². The fourth-order valence-electron chi connectivity index (χ4n) is 3.50. The first kappa shape index (κ1) is 25.6. The average Bonchev–Trinajstić information content (AvgIpc) is 3.49. The summed E-state index contributed by atoms with van der Waals surface area (Å²) in [6.45, 7) is 5.98. The molecule has 2 aromatic rings. The van der Waals surface area contributed by atoms with E-state index in [1.165, 1.54) is 17.4 Å². The number of aromatic nitrogens is 1. The third-order valence-electron chi connectivity index (χ3n) is 5.27. The average molecular weight is 490 g/mol. The van der Waals surface area contributed by atoms with Gasteiger partial charge in [0, 0.05) is 31.0 Å². The number of amides is 1. The van der Waals surface area contributed by atoms with Crippen molar-refractivity contribution in [2.45, 2.75) is 26.3 Å². The van der Waals surface area contributed by atoms with Crippen LogP contribution >= 0.6 is 11.3 Å². The molecule has 1 fully saturated rings. The fourth-order valence-corrected chi connectivity index (χ4v) is 4.49. The molecular weight excluding hydrogens is 462 g/mol. The van der Waals surface area contributed by atoms with E-state index >= 15 is 0 Å². The largest absolute Gasteiger partial charge is 0.492 e. The van der Waals surface area contributed by atoms with E-state index in [0.29, 0.717) is 22.3 Å². The van der Waals surface area contributed by atoms with Crippen molar-refractivity contribution in [1.29, 1.82) is 5.26 Å². The standard InChI is InChI=1S/C26H27N5O3S/c1-3-11-29-25(32)20(19-27)17-24-31(4-2)26(33)23(35-24)10-12-28-21-8-7-9-22(18-21)34-16-15-30-13-5-6-14-30/h1,7-9,12,18,28H,4-6,11,13-16H2,2H3,(H,29,32). The predicted octanol–water partition coefficient (Wildman–Crippen LogP) is 0.988. The van der Waals surface area contributed by atoms with Gasteiger partial charge in [0.2, 0.25) is 0 Å². The summed E-state index contributed by atoms with van der Waals surface area (Å²) < 4.78 is 7.98. The minimum absolute atomic E-state index is 0.00512. The Morgan fingerprint density at radius 3 is 2.86 bits per heavy atom. The molecule has 0 atom stereocenters. The van der Waals surface area contributed by atoms with Gasteiger partial charge in [-0.1, -0.05) is 34.8 Å². The zero-order valence-corrected chi connectivity index (χ0v) is 20.4. The van der Waals surface area contributed by atoms with Gasteiger partial charge >= 0.3 is 0 Å². The van der Waals surface area contributed by atoms with Gasteiger partial charge in [-0.05, 0) is 45.0 Å². The first-order valence-corrected chi connectivity index (χ1v) is 12.2. The first-order valence-electron chi connectivity index (χ1n) is 11.3. The molecule has 9 heteroatoms. The molecule has 2 heterocycles. The Labute approximate surface area is 208 Å². The van der Waals surface area contributed by atoms with E-state index in [1.807, 2.05) is 24.3 Å². The highest BCUT2D eigenvalue weighted by Crippen LogP contribution is 2.17. The highest BCUT2D eigenvalue weighted by molar-refractivity contribution is 7.07. The van der Waals surface area contributed by atoms with Gasteiger partial charge in [-0.3, -0.25) is 19.1 Å². The van der Waals surface area contributed by atoms with Gasteiger partial charge in [-0.15, -0.1) is 6.42 Å². The Balaban J connectivity index is 1.80. The molecule has 1 saturated heterocycles. The molecule has 1 aromatic carbocycles. The van der Waals surface area contributed by atoms with Crippen LogP contribution in [0, 0.1) is 23.7 Å². The molecule has 0 bridgehead atoms. The molecule has 180 valence electrons. The highest BCUT2D eigenvalue weighted by atomic mass is 32.1. The summed E-state index contributed by atoms with van der Waals surface area (Å²) in [5, 5.41) is 14.8. The maximum Gasteiger partial charge on any atom is 0.277 e. The summed E-state index contributed by atoms with van der Waals surface area (Å²) in [6.07, 6.45) is 9.20. The van der Waals surface area contributed by atoms with Crippen LogP contribution in [0.25, 0.3) is 11.5 Å². The molecule has 0 radical (unpaired) electrons. The molecule has 1 aromatic heterocycles. The second-order valence-corrected chi connectivity index (χ2v) is 8.64. The quantitative estimate of drug-likeness (QED) is 0.310. The van der Waals surface area contributed by atoms with E-state index in [9.17, 15) is 14.9 Å². The number of benzene rings is 1. The van der Waals surface area contributed by atoms with Crippen molar-refractivity contribution in [2.24, 2.45) is 0 Å². The number of hydrogen-bond acceptors (Lipinski definition) is 7. The monoisotopic (exact) mass is 489 g/mol. The van der Waals surface area contributed by atoms with Crippen LogP contribution in [0.5, 0.6) is 5.75 Å². The molecule has 0 spiro atoms. The van der Waals surface area contributed by atoms with Crippen molar-refractivity contribution < 1.29 is 9.53 Å². The Morgan fingerprint density at radius 1 is 1.34 bits per heavy atom. The number of anilines is 1. The van der Waals surface area contributed by atoms with Crippen LogP contribution in [0.1, 0.15) is 19.8 Å². The van der Waals surface area contributed by atoms with Crippen LogP contribution < -0.4 is 30.1 Å². The summed E-state index contributed by atoms with van der Waals surface area (Å²) >= 11 is 1.09. The number of nitrogens with one attached hydrogen (secondary N) is 2. The third kappa shape index (κ3) is 7.25. The summed E-state index contributed by atoms with van der Waals surface area (Å²) in [7, 11) is 0. The van der Waals surface area contributed by atoms with E-state index in [-0.39, 0.29) is 17.7 Å². The smallest absolute Gasteiger partial charge is 0.277 e. The first-order chi connectivity index (χ1) is 17.0. The Morgan fingerprint density at radius 2 is 2.14 bits per heavy atom. The lowest BCUT2D eigenvalue weighted by Gasteiger charge is -2.15. The number of likely N-dealkylation sites (tertiary alicyclic amines) is 1. The molecule has 3 rings (SSSR count). The fraction of sp³-hybridized carbons (Fsp3) is 0.346. The minimum Gasteiger partial charge on any atom is -0.492 e. The lowest BCUT2D eigenvalue weighted by atomic mass is 10.3. The van der Waals surface area contributed by atoms with Gasteiger partial charge in [0.25, 0.3) is 11.5 Å². The van der Waals surface area contributed by atoms with E-state index in [2.05, 4.69) is 32.9 Å². The number of terminal acetylenes is 1. The van der Waals surface area contributed by atoms with Gasteiger partial charge in [0.1, 0.15) is 27.6 Å². The predicted molar refractivity (Wildman–Crippen MR) is 137 cm³/mol. The van der Waals surface area contributed by atoms with Gasteiger partial charge in [-0.2, -0.15) is 5.26 Å². The number of hydrogen-bond donors (Lipinski definition) is 2. The van der Waals surface area contributed by atoms with E-state index < -0.39 is 5.91 Å². The zero-order chi connectivity index (χ0) is 25.0. The normalized spacial score (nSPS) is 12.5. The molecular formula is C26H27N5O3S. The molecule has 1 aliphatic rings. The Bertz CT molecular complexity index is 1390. The van der Waals surface area contributed by atoms with Crippen LogP contribution in [0.2, 0.25) is 0 Å². The molecule has 2 N–H and O–H groups in total. The molecule has 35 heavy (non-hydrogen) atoms. The van der Waals surface area contributed by atoms with Crippen LogP contribution in [-0.4, -0.2) is 48.2 Å². The lowest BCUT2D eigenvalue weighted by molar-refractivity contribution is -0.116. The van der Waals surface area contributed by atoms with Crippen molar-refractivity contribution in [1.82, 2.24) is 14.8 Å². The summed E-state index contributed by atoms with van der Waals surface area (Å²) in [5.41, 5.74) is 5.96. The van der Waals surface area contributed by atoms with Gasteiger partial charge in [0.05, 0.1) is 6.54 Å². The molecule has 0 aliphatic carbocycles. The maximum atomic E-state index is 12.7.